The molecule has 1 atom stereocenters. The third kappa shape index (κ3) is 6.20. The molecule has 3 amide bonds. The first-order valence-corrected chi connectivity index (χ1v) is 14.2. The molecular weight excluding hydrogens is 492 g/mol. The van der Waals surface area contributed by atoms with Crippen LogP contribution in [0.25, 0.3) is 0 Å². The second kappa shape index (κ2) is 11.9. The predicted octanol–water partition coefficient (Wildman–Crippen LogP) is 3.62. The Kier molecular flexibility index (Phi) is 8.37. The zero-order valence-corrected chi connectivity index (χ0v) is 23.5. The number of rotatable bonds is 7. The first kappa shape index (κ1) is 27.4. The molecule has 0 aliphatic carbocycles. The number of anilines is 2. The quantitative estimate of drug-likeness (QED) is 0.528. The van der Waals surface area contributed by atoms with E-state index in [2.05, 4.69) is 40.4 Å². The number of pyridine rings is 1. The fourth-order valence-corrected chi connectivity index (χ4v) is 6.30. The molecule has 0 radical (unpaired) electrons. The topological polar surface area (TPSA) is 90.0 Å². The third-order valence-electron chi connectivity index (χ3n) is 8.58. The molecule has 5 rings (SSSR count). The van der Waals surface area contributed by atoms with E-state index in [1.807, 2.05) is 40.1 Å². The lowest BCUT2D eigenvalue weighted by atomic mass is 9.79. The summed E-state index contributed by atoms with van der Waals surface area (Å²) in [4.78, 5) is 37.3. The van der Waals surface area contributed by atoms with E-state index >= 15 is 0 Å². The van der Waals surface area contributed by atoms with Gasteiger partial charge in [-0.05, 0) is 54.9 Å². The Morgan fingerprint density at radius 3 is 2.69 bits per heavy atom. The van der Waals surface area contributed by atoms with Crippen molar-refractivity contribution in [2.45, 2.75) is 51.6 Å². The van der Waals surface area contributed by atoms with Gasteiger partial charge in [-0.15, -0.1) is 0 Å². The lowest BCUT2D eigenvalue weighted by Gasteiger charge is -2.44. The van der Waals surface area contributed by atoms with Gasteiger partial charge in [0.25, 0.3) is 5.91 Å². The van der Waals surface area contributed by atoms with Gasteiger partial charge in [-0.3, -0.25) is 4.79 Å². The van der Waals surface area contributed by atoms with Crippen LogP contribution in [0.5, 0.6) is 0 Å². The van der Waals surface area contributed by atoms with E-state index in [1.54, 1.807) is 13.3 Å². The number of likely N-dealkylation sites (tertiary alicyclic amines) is 1. The van der Waals surface area contributed by atoms with E-state index in [0.29, 0.717) is 24.8 Å². The van der Waals surface area contributed by atoms with Crippen LogP contribution in [-0.4, -0.2) is 91.8 Å². The lowest BCUT2D eigenvalue weighted by molar-refractivity contribution is 0.0468. The summed E-state index contributed by atoms with van der Waals surface area (Å²) in [5.74, 6) is 0.903. The van der Waals surface area contributed by atoms with Crippen molar-refractivity contribution in [2.75, 3.05) is 63.2 Å². The molecule has 2 saturated heterocycles. The molecule has 210 valence electrons. The van der Waals surface area contributed by atoms with Crippen LogP contribution in [0.2, 0.25) is 0 Å². The van der Waals surface area contributed by atoms with Crippen molar-refractivity contribution in [1.82, 2.24) is 20.1 Å². The number of nitrogens with one attached hydrogen (secondary N) is 2. The van der Waals surface area contributed by atoms with Crippen LogP contribution in [0.15, 0.2) is 42.6 Å². The molecule has 3 aliphatic rings. The Balaban J connectivity index is 1.17. The predicted molar refractivity (Wildman–Crippen MR) is 153 cm³/mol. The molecule has 1 unspecified atom stereocenters. The molecule has 0 spiro atoms. The fraction of sp³-hybridized carbons (Fsp3) is 0.567. The highest BCUT2D eigenvalue weighted by molar-refractivity contribution is 5.95. The van der Waals surface area contributed by atoms with Gasteiger partial charge in [0.15, 0.2) is 0 Å². The summed E-state index contributed by atoms with van der Waals surface area (Å²) in [6, 6.07) is 12.4. The standard InChI is InChI=1S/C30H42N6O3/c1-30(2)21-35(17-12-26(30)31-14-19-39-3)28(37)23-8-13-32-27(20-23)34-15-10-24(11-16-34)36-18-9-22-6-4-5-7-25(22)33-29(36)38/h4-8,13,20,24,26,31H,9-12,14-19,21H2,1-3H3,(H,33,38). The van der Waals surface area contributed by atoms with Gasteiger partial charge in [-0.2, -0.15) is 0 Å². The number of hydrogen-bond acceptors (Lipinski definition) is 6. The Hall–Kier alpha value is -3.17. The van der Waals surface area contributed by atoms with E-state index in [0.717, 1.165) is 69.9 Å². The number of nitrogens with zero attached hydrogens (tertiary/aromatic N) is 4. The number of carbonyl (C=O) groups is 2. The van der Waals surface area contributed by atoms with Gasteiger partial charge in [0, 0.05) is 75.9 Å². The second-order valence-electron chi connectivity index (χ2n) is 11.7. The zero-order valence-electron chi connectivity index (χ0n) is 23.5. The number of ether oxygens (including phenoxy) is 1. The number of piperidine rings is 2. The number of carbonyl (C=O) groups excluding carboxylic acids is 2. The third-order valence-corrected chi connectivity index (χ3v) is 8.58. The first-order valence-electron chi connectivity index (χ1n) is 14.2. The minimum absolute atomic E-state index is 0.00953. The summed E-state index contributed by atoms with van der Waals surface area (Å²) in [5, 5.41) is 6.69. The molecule has 2 N–H and O–H groups in total. The number of methoxy groups -OCH3 is 1. The van der Waals surface area contributed by atoms with E-state index in [1.165, 1.54) is 5.56 Å². The minimum Gasteiger partial charge on any atom is -0.383 e. The highest BCUT2D eigenvalue weighted by atomic mass is 16.5. The Morgan fingerprint density at radius 2 is 1.92 bits per heavy atom. The van der Waals surface area contributed by atoms with Crippen molar-refractivity contribution >= 4 is 23.4 Å². The summed E-state index contributed by atoms with van der Waals surface area (Å²) < 4.78 is 5.18. The van der Waals surface area contributed by atoms with Crippen molar-refractivity contribution in [3.05, 3.63) is 53.7 Å². The van der Waals surface area contributed by atoms with Gasteiger partial charge in [0.2, 0.25) is 0 Å². The Labute approximate surface area is 231 Å². The monoisotopic (exact) mass is 534 g/mol. The Morgan fingerprint density at radius 1 is 1.13 bits per heavy atom. The molecule has 9 nitrogen and oxygen atoms in total. The molecular formula is C30H42N6O3. The van der Waals surface area contributed by atoms with Crippen molar-refractivity contribution in [2.24, 2.45) is 5.41 Å². The first-order chi connectivity index (χ1) is 18.9. The van der Waals surface area contributed by atoms with Gasteiger partial charge in [-0.1, -0.05) is 32.0 Å². The number of urea groups is 1. The highest BCUT2D eigenvalue weighted by Crippen LogP contribution is 2.31. The van der Waals surface area contributed by atoms with Gasteiger partial charge in [0.05, 0.1) is 6.61 Å². The molecule has 3 aliphatic heterocycles. The Bertz CT molecular complexity index is 1160. The number of amides is 3. The van der Waals surface area contributed by atoms with Crippen molar-refractivity contribution in [1.29, 1.82) is 0 Å². The smallest absolute Gasteiger partial charge is 0.322 e. The van der Waals surface area contributed by atoms with Gasteiger partial charge >= 0.3 is 6.03 Å². The van der Waals surface area contributed by atoms with Gasteiger partial charge < -0.3 is 30.1 Å². The summed E-state index contributed by atoms with van der Waals surface area (Å²) in [5.41, 5.74) is 2.77. The molecule has 1 aromatic heterocycles. The molecule has 0 bridgehead atoms. The molecule has 0 saturated carbocycles. The summed E-state index contributed by atoms with van der Waals surface area (Å²) in [6.07, 6.45) is 5.28. The van der Waals surface area contributed by atoms with Crippen LogP contribution in [0, 0.1) is 5.41 Å². The molecule has 4 heterocycles. The number of benzene rings is 1. The largest absolute Gasteiger partial charge is 0.383 e. The van der Waals surface area contributed by atoms with Crippen molar-refractivity contribution in [3.8, 4) is 0 Å². The fourth-order valence-electron chi connectivity index (χ4n) is 6.30. The van der Waals surface area contributed by atoms with Gasteiger partial charge in [-0.25, -0.2) is 9.78 Å². The lowest BCUT2D eigenvalue weighted by Crippen LogP contribution is -2.56. The van der Waals surface area contributed by atoms with Crippen LogP contribution in [0.1, 0.15) is 49.0 Å². The number of fused-ring (bicyclic) bond motifs is 1. The maximum atomic E-state index is 13.5. The second-order valence-corrected chi connectivity index (χ2v) is 11.7. The minimum atomic E-state index is -0.0274. The molecule has 2 aromatic rings. The highest BCUT2D eigenvalue weighted by Gasteiger charge is 2.37. The van der Waals surface area contributed by atoms with Crippen molar-refractivity contribution in [3.63, 3.8) is 0 Å². The van der Waals surface area contributed by atoms with Crippen LogP contribution in [-0.2, 0) is 11.2 Å². The molecule has 1 aromatic carbocycles. The number of para-hydroxylation sites is 1. The average molecular weight is 535 g/mol. The van der Waals surface area contributed by atoms with E-state index in [9.17, 15) is 9.59 Å². The van der Waals surface area contributed by atoms with Crippen LogP contribution >= 0.6 is 0 Å². The molecule has 39 heavy (non-hydrogen) atoms. The average Bonchev–Trinajstić information content (AvgIpc) is 3.11. The maximum Gasteiger partial charge on any atom is 0.322 e. The normalized spacial score (nSPS) is 21.8. The van der Waals surface area contributed by atoms with Gasteiger partial charge in [0.1, 0.15) is 5.82 Å². The van der Waals surface area contributed by atoms with Crippen LogP contribution < -0.4 is 15.5 Å². The van der Waals surface area contributed by atoms with E-state index in [-0.39, 0.29) is 23.4 Å². The molecule has 2 fully saturated rings. The molecule has 9 heteroatoms. The zero-order chi connectivity index (χ0) is 27.4. The van der Waals surface area contributed by atoms with Crippen LogP contribution in [0.3, 0.4) is 0 Å². The van der Waals surface area contributed by atoms with Crippen molar-refractivity contribution < 1.29 is 14.3 Å². The summed E-state index contributed by atoms with van der Waals surface area (Å²) >= 11 is 0. The number of hydrogen-bond donors (Lipinski definition) is 2. The summed E-state index contributed by atoms with van der Waals surface area (Å²) in [6.45, 7) is 9.73. The number of aromatic nitrogens is 1. The van der Waals surface area contributed by atoms with E-state index in [4.69, 9.17) is 4.74 Å². The SMILES string of the molecule is COCCNC1CCN(C(=O)c2ccnc(N3CCC(N4CCc5ccccc5NC4=O)CC3)c2)CC1(C)C. The summed E-state index contributed by atoms with van der Waals surface area (Å²) in [7, 11) is 1.72. The van der Waals surface area contributed by atoms with Crippen LogP contribution in [0.4, 0.5) is 16.3 Å². The van der Waals surface area contributed by atoms with E-state index < -0.39 is 0 Å². The maximum absolute atomic E-state index is 13.5.